The Morgan fingerprint density at radius 1 is 1.00 bits per heavy atom. The zero-order valence-corrected chi connectivity index (χ0v) is 17.3. The summed E-state index contributed by atoms with van der Waals surface area (Å²) in [6, 6.07) is 13.0. The molecule has 2 aromatic carbocycles. The van der Waals surface area contributed by atoms with Crippen molar-refractivity contribution >= 4 is 18.0 Å². The van der Waals surface area contributed by atoms with Gasteiger partial charge in [-0.1, -0.05) is 30.3 Å². The maximum atomic E-state index is 12.2. The van der Waals surface area contributed by atoms with Gasteiger partial charge in [-0.3, -0.25) is 0 Å². The summed E-state index contributed by atoms with van der Waals surface area (Å²) in [7, 11) is 1.57. The molecule has 156 valence electrons. The molecule has 1 heterocycles. The van der Waals surface area contributed by atoms with E-state index in [2.05, 4.69) is 6.58 Å². The third kappa shape index (κ3) is 4.89. The fourth-order valence-electron chi connectivity index (χ4n) is 3.07. The number of rotatable bonds is 7. The highest BCUT2D eigenvalue weighted by Gasteiger charge is 2.38. The molecule has 30 heavy (non-hydrogen) atoms. The first-order valence-electron chi connectivity index (χ1n) is 9.50. The minimum atomic E-state index is -1.27. The number of carbonyl (C=O) groups excluding carboxylic acids is 2. The molecular weight excluding hydrogens is 384 g/mol. The Hall–Kier alpha value is -3.54. The molecule has 6 heteroatoms. The van der Waals surface area contributed by atoms with Gasteiger partial charge in [0.2, 0.25) is 0 Å². The molecule has 0 aromatic heterocycles. The minimum Gasteiger partial charge on any atom is -0.496 e. The lowest BCUT2D eigenvalue weighted by atomic mass is 10.1. The molecule has 1 saturated heterocycles. The SMILES string of the molecule is C=CCc1ccccc1OCc1cc(C=C2C(=O)OC(C)(C)OC2=O)ccc1OC. The Balaban J connectivity index is 1.85. The van der Waals surface area contributed by atoms with E-state index < -0.39 is 17.7 Å². The van der Waals surface area contributed by atoms with Crippen molar-refractivity contribution in [2.45, 2.75) is 32.7 Å². The predicted octanol–water partition coefficient (Wildman–Crippen LogP) is 4.22. The number of para-hydroxylation sites is 1. The lowest BCUT2D eigenvalue weighted by molar-refractivity contribution is -0.222. The molecule has 1 aliphatic heterocycles. The van der Waals surface area contributed by atoms with Gasteiger partial charge in [-0.2, -0.15) is 0 Å². The molecule has 0 radical (unpaired) electrons. The zero-order valence-electron chi connectivity index (χ0n) is 17.3. The third-order valence-corrected chi connectivity index (χ3v) is 4.45. The summed E-state index contributed by atoms with van der Waals surface area (Å²) < 4.78 is 21.7. The maximum Gasteiger partial charge on any atom is 0.348 e. The average molecular weight is 408 g/mol. The first-order chi connectivity index (χ1) is 14.3. The smallest absolute Gasteiger partial charge is 0.348 e. The van der Waals surface area contributed by atoms with Crippen LogP contribution in [0.25, 0.3) is 6.08 Å². The fourth-order valence-corrected chi connectivity index (χ4v) is 3.07. The van der Waals surface area contributed by atoms with Crippen molar-refractivity contribution in [1.82, 2.24) is 0 Å². The Labute approximate surface area is 175 Å². The summed E-state index contributed by atoms with van der Waals surface area (Å²) in [4.78, 5) is 24.4. The highest BCUT2D eigenvalue weighted by Crippen LogP contribution is 2.28. The zero-order chi connectivity index (χ0) is 21.7. The van der Waals surface area contributed by atoms with E-state index in [1.165, 1.54) is 19.9 Å². The van der Waals surface area contributed by atoms with Crippen LogP contribution in [-0.2, 0) is 32.1 Å². The molecule has 0 N–H and O–H groups in total. The van der Waals surface area contributed by atoms with Crippen LogP contribution in [0.15, 0.2) is 60.7 Å². The van der Waals surface area contributed by atoms with E-state index in [1.54, 1.807) is 25.3 Å². The highest BCUT2D eigenvalue weighted by molar-refractivity contribution is 6.18. The largest absolute Gasteiger partial charge is 0.496 e. The van der Waals surface area contributed by atoms with Crippen LogP contribution in [0, 0.1) is 0 Å². The van der Waals surface area contributed by atoms with Crippen LogP contribution >= 0.6 is 0 Å². The van der Waals surface area contributed by atoms with Crippen molar-refractivity contribution in [3.05, 3.63) is 77.4 Å². The lowest BCUT2D eigenvalue weighted by Gasteiger charge is -2.29. The molecule has 0 unspecified atom stereocenters. The summed E-state index contributed by atoms with van der Waals surface area (Å²) in [5.74, 6) is -1.33. The molecule has 1 aliphatic rings. The fraction of sp³-hybridized carbons (Fsp3) is 0.250. The quantitative estimate of drug-likeness (QED) is 0.296. The van der Waals surface area contributed by atoms with Crippen LogP contribution in [0.3, 0.4) is 0 Å². The number of esters is 2. The van der Waals surface area contributed by atoms with Gasteiger partial charge in [0.25, 0.3) is 5.79 Å². The molecular formula is C24H24O6. The third-order valence-electron chi connectivity index (χ3n) is 4.45. The number of allylic oxidation sites excluding steroid dienone is 1. The molecule has 0 saturated carbocycles. The van der Waals surface area contributed by atoms with E-state index in [0.29, 0.717) is 17.7 Å². The van der Waals surface area contributed by atoms with Gasteiger partial charge < -0.3 is 18.9 Å². The minimum absolute atomic E-state index is 0.164. The molecule has 0 spiro atoms. The van der Waals surface area contributed by atoms with Crippen LogP contribution in [0.2, 0.25) is 0 Å². The van der Waals surface area contributed by atoms with Gasteiger partial charge in [-0.05, 0) is 41.8 Å². The molecule has 0 atom stereocenters. The number of cyclic esters (lactones) is 2. The summed E-state index contributed by atoms with van der Waals surface area (Å²) in [6.45, 7) is 7.03. The van der Waals surface area contributed by atoms with E-state index >= 15 is 0 Å². The van der Waals surface area contributed by atoms with Gasteiger partial charge in [0.1, 0.15) is 23.7 Å². The van der Waals surface area contributed by atoms with E-state index in [4.69, 9.17) is 18.9 Å². The molecule has 2 aromatic rings. The van der Waals surface area contributed by atoms with E-state index in [9.17, 15) is 9.59 Å². The Morgan fingerprint density at radius 2 is 1.70 bits per heavy atom. The second kappa shape index (κ2) is 8.86. The van der Waals surface area contributed by atoms with Crippen molar-refractivity contribution < 1.29 is 28.5 Å². The molecule has 0 aliphatic carbocycles. The van der Waals surface area contributed by atoms with Crippen molar-refractivity contribution in [1.29, 1.82) is 0 Å². The van der Waals surface area contributed by atoms with Crippen LogP contribution < -0.4 is 9.47 Å². The normalized spacial score (nSPS) is 15.1. The molecule has 1 fully saturated rings. The van der Waals surface area contributed by atoms with Crippen LogP contribution in [-0.4, -0.2) is 24.8 Å². The predicted molar refractivity (Wildman–Crippen MR) is 112 cm³/mol. The second-order valence-corrected chi connectivity index (χ2v) is 7.20. The van der Waals surface area contributed by atoms with Crippen molar-refractivity contribution in [2.24, 2.45) is 0 Å². The maximum absolute atomic E-state index is 12.2. The monoisotopic (exact) mass is 408 g/mol. The van der Waals surface area contributed by atoms with Gasteiger partial charge >= 0.3 is 11.9 Å². The first kappa shape index (κ1) is 21.2. The van der Waals surface area contributed by atoms with Gasteiger partial charge in [0.15, 0.2) is 0 Å². The van der Waals surface area contributed by atoms with E-state index in [1.807, 2.05) is 30.3 Å². The van der Waals surface area contributed by atoms with Gasteiger partial charge in [0, 0.05) is 19.4 Å². The van der Waals surface area contributed by atoms with Gasteiger partial charge in [-0.25, -0.2) is 9.59 Å². The van der Waals surface area contributed by atoms with E-state index in [0.717, 1.165) is 16.9 Å². The summed E-state index contributed by atoms with van der Waals surface area (Å²) >= 11 is 0. The first-order valence-corrected chi connectivity index (χ1v) is 9.50. The van der Waals surface area contributed by atoms with Gasteiger partial charge in [0.05, 0.1) is 7.11 Å². The molecule has 3 rings (SSSR count). The van der Waals surface area contributed by atoms with Crippen LogP contribution in [0.4, 0.5) is 0 Å². The molecule has 0 bridgehead atoms. The highest BCUT2D eigenvalue weighted by atomic mass is 16.7. The Kier molecular flexibility index (Phi) is 6.26. The number of ether oxygens (including phenoxy) is 4. The van der Waals surface area contributed by atoms with Crippen molar-refractivity contribution in [3.8, 4) is 11.5 Å². The van der Waals surface area contributed by atoms with Gasteiger partial charge in [-0.15, -0.1) is 6.58 Å². The molecule has 0 amide bonds. The Bertz CT molecular complexity index is 981. The number of methoxy groups -OCH3 is 1. The number of benzene rings is 2. The number of carbonyl (C=O) groups is 2. The average Bonchev–Trinajstić information content (AvgIpc) is 2.70. The number of hydrogen-bond acceptors (Lipinski definition) is 6. The van der Waals surface area contributed by atoms with E-state index in [-0.39, 0.29) is 12.2 Å². The Morgan fingerprint density at radius 3 is 2.37 bits per heavy atom. The second-order valence-electron chi connectivity index (χ2n) is 7.20. The van der Waals surface area contributed by atoms with Crippen molar-refractivity contribution in [2.75, 3.05) is 7.11 Å². The lowest BCUT2D eigenvalue weighted by Crippen LogP contribution is -2.41. The summed E-state index contributed by atoms with van der Waals surface area (Å²) in [5.41, 5.74) is 2.25. The topological polar surface area (TPSA) is 71.1 Å². The van der Waals surface area contributed by atoms with Crippen LogP contribution in [0.1, 0.15) is 30.5 Å². The van der Waals surface area contributed by atoms with Crippen molar-refractivity contribution in [3.63, 3.8) is 0 Å². The summed E-state index contributed by atoms with van der Waals surface area (Å²) in [6.07, 6.45) is 3.95. The summed E-state index contributed by atoms with van der Waals surface area (Å²) in [5, 5.41) is 0. The standard InChI is InChI=1S/C24H24O6/c1-5-8-17-9-6-7-10-21(17)28-15-18-13-16(11-12-20(18)27-4)14-19-22(25)29-24(2,3)30-23(19)26/h5-7,9-14H,1,8,15H2,2-4H3. The number of hydrogen-bond donors (Lipinski definition) is 0. The van der Waals surface area contributed by atoms with Crippen LogP contribution in [0.5, 0.6) is 11.5 Å². The molecule has 6 nitrogen and oxygen atoms in total.